The highest BCUT2D eigenvalue weighted by atomic mass is 16.5. The summed E-state index contributed by atoms with van der Waals surface area (Å²) in [5.41, 5.74) is 24.5. The molecule has 0 bridgehead atoms. The van der Waals surface area contributed by atoms with Crippen molar-refractivity contribution in [3.8, 4) is 125 Å². The predicted molar refractivity (Wildman–Crippen MR) is 425 cm³/mol. The van der Waals surface area contributed by atoms with Gasteiger partial charge in [-0.05, 0) is 106 Å². The molecule has 10 heteroatoms. The second kappa shape index (κ2) is 26.1. The summed E-state index contributed by atoms with van der Waals surface area (Å²) >= 11 is 0. The summed E-state index contributed by atoms with van der Waals surface area (Å²) in [7, 11) is 0. The minimum absolute atomic E-state index is 0.0843. The predicted octanol–water partition coefficient (Wildman–Crippen LogP) is 23.1. The van der Waals surface area contributed by atoms with Crippen LogP contribution in [0.5, 0.6) is 11.5 Å². The fourth-order valence-corrected chi connectivity index (χ4v) is 15.8. The quantitative estimate of drug-likeness (QED) is 0.126. The number of aromatic nitrogens is 8. The lowest BCUT2D eigenvalue weighted by atomic mass is 9.85. The Morgan fingerprint density at radius 3 is 0.830 bits per heavy atom. The molecule has 0 amide bonds. The van der Waals surface area contributed by atoms with Gasteiger partial charge in [-0.25, -0.2) is 29.9 Å². The van der Waals surface area contributed by atoms with E-state index in [2.05, 4.69) is 276 Å². The largest absolute Gasteiger partial charge is 0.484 e. The average molecular weight is 1360 g/mol. The number of fused-ring (bicyclic) bond motifs is 14. The van der Waals surface area contributed by atoms with Gasteiger partial charge in [0.1, 0.15) is 23.7 Å². The maximum absolute atomic E-state index is 6.80. The highest BCUT2D eigenvalue weighted by molar-refractivity contribution is 5.94. The van der Waals surface area contributed by atoms with Crippen LogP contribution in [0, 0.1) is 0 Å². The molecule has 4 atom stereocenters. The normalized spacial score (nSPS) is 15.4. The van der Waals surface area contributed by atoms with Crippen LogP contribution < -0.4 is 9.47 Å². The molecule has 13 aromatic carbocycles. The number of para-hydroxylation sites is 4. The molecule has 4 unspecified atom stereocenters. The van der Waals surface area contributed by atoms with E-state index < -0.39 is 0 Å². The molecule has 0 fully saturated rings. The minimum Gasteiger partial charge on any atom is -0.484 e. The summed E-state index contributed by atoms with van der Waals surface area (Å²) in [4.78, 5) is 29.6. The van der Waals surface area contributed by atoms with E-state index in [-0.39, 0.29) is 24.0 Å². The van der Waals surface area contributed by atoms with Crippen molar-refractivity contribution in [2.24, 2.45) is 0 Å². The van der Waals surface area contributed by atoms with Crippen molar-refractivity contribution in [2.45, 2.75) is 24.0 Å². The average Bonchev–Trinajstić information content (AvgIpc) is 1.55. The SMILES string of the molecule is C1=CC2c3cc(-c4ccc(-c5nc(-c6ccccc6)nc(-c6ccc(-c7ccccc7)cc6)n5)cc4)ccc3OC2c2c1n(-c1ccccc1)c1ccccc21.C1=CC2c3cc(-c4ccc(-c5nc(-c6ccccc6)nc(-c6ccccc6)n5)cc4)ccc3OC2c2c1n(-c1ccccc1)c1ccccc21. The first-order valence-electron chi connectivity index (χ1n) is 35.9. The highest BCUT2D eigenvalue weighted by Gasteiger charge is 2.42. The van der Waals surface area contributed by atoms with Crippen molar-refractivity contribution in [3.63, 3.8) is 0 Å². The number of hydrogen-bond acceptors (Lipinski definition) is 8. The molecular weight excluding hydrogens is 1300 g/mol. The molecule has 21 rings (SSSR count). The van der Waals surface area contributed by atoms with Gasteiger partial charge in [0.15, 0.2) is 34.9 Å². The summed E-state index contributed by atoms with van der Waals surface area (Å²) in [6.45, 7) is 0. The maximum Gasteiger partial charge on any atom is 0.164 e. The van der Waals surface area contributed by atoms with Gasteiger partial charge in [-0.3, -0.25) is 0 Å². The van der Waals surface area contributed by atoms with Gasteiger partial charge in [0.2, 0.25) is 0 Å². The van der Waals surface area contributed by atoms with Crippen molar-refractivity contribution in [1.82, 2.24) is 39.0 Å². The third-order valence-corrected chi connectivity index (χ3v) is 20.9. The number of rotatable bonds is 11. The lowest BCUT2D eigenvalue weighted by Crippen LogP contribution is -2.13. The van der Waals surface area contributed by atoms with Gasteiger partial charge in [-0.2, -0.15) is 0 Å². The topological polar surface area (TPSA) is 106 Å². The third kappa shape index (κ3) is 11.1. The van der Waals surface area contributed by atoms with Crippen molar-refractivity contribution in [2.75, 3.05) is 0 Å². The van der Waals surface area contributed by atoms with Gasteiger partial charge in [-0.1, -0.05) is 291 Å². The van der Waals surface area contributed by atoms with Crippen LogP contribution in [-0.2, 0) is 0 Å². The molecule has 0 saturated carbocycles. The Morgan fingerprint density at radius 2 is 0.491 bits per heavy atom. The van der Waals surface area contributed by atoms with E-state index >= 15 is 0 Å². The van der Waals surface area contributed by atoms with Crippen molar-refractivity contribution < 1.29 is 9.47 Å². The Bertz CT molecular complexity index is 6190. The zero-order chi connectivity index (χ0) is 70.0. The fraction of sp³-hybridized carbons (Fsp3) is 0.0417. The first-order chi connectivity index (χ1) is 52.5. The summed E-state index contributed by atoms with van der Waals surface area (Å²) in [5, 5.41) is 2.47. The molecule has 500 valence electrons. The Balaban J connectivity index is 0.000000141. The van der Waals surface area contributed by atoms with Crippen molar-refractivity contribution in [1.29, 1.82) is 0 Å². The van der Waals surface area contributed by atoms with E-state index in [0.717, 1.165) is 84.1 Å². The fourth-order valence-electron chi connectivity index (χ4n) is 15.8. The van der Waals surface area contributed by atoms with Crippen LogP contribution in [0.2, 0.25) is 0 Å². The molecule has 6 heterocycles. The van der Waals surface area contributed by atoms with Crippen LogP contribution in [-0.4, -0.2) is 39.0 Å². The van der Waals surface area contributed by atoms with Crippen LogP contribution in [0.3, 0.4) is 0 Å². The monoisotopic (exact) mass is 1360 g/mol. The summed E-state index contributed by atoms with van der Waals surface area (Å²) in [5.74, 6) is 6.01. The van der Waals surface area contributed by atoms with Crippen molar-refractivity contribution >= 4 is 34.0 Å². The number of ether oxygens (including phenoxy) is 2. The molecule has 0 spiro atoms. The number of nitrogens with zero attached hydrogens (tertiary/aromatic N) is 8. The van der Waals surface area contributed by atoms with Crippen LogP contribution in [0.1, 0.15) is 57.7 Å². The second-order valence-corrected chi connectivity index (χ2v) is 27.1. The van der Waals surface area contributed by atoms with E-state index in [1.807, 2.05) is 97.1 Å². The minimum atomic E-state index is -0.0936. The lowest BCUT2D eigenvalue weighted by Gasteiger charge is -2.22. The van der Waals surface area contributed by atoms with Gasteiger partial charge in [-0.15, -0.1) is 0 Å². The third-order valence-electron chi connectivity index (χ3n) is 20.9. The Labute approximate surface area is 613 Å². The van der Waals surface area contributed by atoms with Crippen LogP contribution in [0.25, 0.3) is 147 Å². The highest BCUT2D eigenvalue weighted by Crippen LogP contribution is 2.56. The van der Waals surface area contributed by atoms with Gasteiger partial charge in [0.25, 0.3) is 0 Å². The lowest BCUT2D eigenvalue weighted by molar-refractivity contribution is 0.224. The van der Waals surface area contributed by atoms with Gasteiger partial charge < -0.3 is 18.6 Å². The van der Waals surface area contributed by atoms with E-state index in [1.165, 1.54) is 61.0 Å². The molecule has 0 saturated heterocycles. The molecule has 17 aromatic rings. The molecule has 2 aliphatic carbocycles. The number of hydrogen-bond donors (Lipinski definition) is 0. The van der Waals surface area contributed by atoms with Gasteiger partial charge in [0.05, 0.1) is 22.4 Å². The van der Waals surface area contributed by atoms with E-state index in [9.17, 15) is 0 Å². The number of benzene rings is 13. The first-order valence-corrected chi connectivity index (χ1v) is 35.9. The van der Waals surface area contributed by atoms with Crippen molar-refractivity contribution in [3.05, 3.63) is 386 Å². The molecule has 4 aliphatic rings. The van der Waals surface area contributed by atoms with Gasteiger partial charge in [0, 0.05) is 89.6 Å². The van der Waals surface area contributed by atoms with Crippen LogP contribution >= 0.6 is 0 Å². The Hall–Kier alpha value is -14.0. The van der Waals surface area contributed by atoms with E-state index in [0.29, 0.717) is 34.9 Å². The summed E-state index contributed by atoms with van der Waals surface area (Å²) in [6, 6.07) is 118. The van der Waals surface area contributed by atoms with E-state index in [1.54, 1.807) is 0 Å². The molecule has 0 N–H and O–H groups in total. The van der Waals surface area contributed by atoms with Crippen LogP contribution in [0.15, 0.2) is 352 Å². The van der Waals surface area contributed by atoms with E-state index in [4.69, 9.17) is 39.4 Å². The molecule has 4 aromatic heterocycles. The maximum atomic E-state index is 6.80. The van der Waals surface area contributed by atoms with Crippen LogP contribution in [0.4, 0.5) is 0 Å². The Morgan fingerprint density at radius 1 is 0.236 bits per heavy atom. The smallest absolute Gasteiger partial charge is 0.164 e. The summed E-state index contributed by atoms with van der Waals surface area (Å²) in [6.07, 6.45) is 9.03. The summed E-state index contributed by atoms with van der Waals surface area (Å²) < 4.78 is 18.3. The second-order valence-electron chi connectivity index (χ2n) is 27.1. The molecule has 2 aliphatic heterocycles. The van der Waals surface area contributed by atoms with Gasteiger partial charge >= 0.3 is 0 Å². The first kappa shape index (κ1) is 61.9. The standard InChI is InChI=1S/C51H34N4O.C45H30N4O/c1-4-12-33(13-5-1)34-20-24-37(25-21-34)50-52-49(36-14-6-2-7-15-36)53-51(54-50)38-26-22-35(23-27-38)39-28-31-46-43(32-39)41-29-30-45-47(48(41)56-46)42-18-10-11-19-44(42)55(45)40-16-8-3-9-17-40;1-4-12-30(13-5-1)43-46-44(31-14-6-2-7-15-31)48-45(47-43)32-22-20-29(21-23-32)33-24-27-40-37(28-33)35-25-26-39-41(42(35)50-40)36-18-10-11-19-38(36)49(39)34-16-8-3-9-17-34/h1-32,41,48H;1-28,35,42H. The zero-order valence-electron chi connectivity index (χ0n) is 57.3. The zero-order valence-corrected chi connectivity index (χ0v) is 57.3. The molecular formula is C96H64N8O2. The molecule has 10 nitrogen and oxygen atoms in total. The Kier molecular flexibility index (Phi) is 15.3. The molecule has 106 heavy (non-hydrogen) atoms. The molecule has 0 radical (unpaired) electrons.